The van der Waals surface area contributed by atoms with Crippen LogP contribution in [0.15, 0.2) is 12.2 Å². The summed E-state index contributed by atoms with van der Waals surface area (Å²) in [5, 5.41) is 0. The molecule has 0 saturated carbocycles. The van der Waals surface area contributed by atoms with Gasteiger partial charge in [0.05, 0.1) is 6.61 Å². The number of carbonyl (C=O) groups is 2. The molecular formula is C13H24O3Si. The Kier molecular flexibility index (Phi) is 7.79. The van der Waals surface area contributed by atoms with Crippen LogP contribution in [0.3, 0.4) is 0 Å². The molecular weight excluding hydrogens is 232 g/mol. The van der Waals surface area contributed by atoms with Crippen molar-refractivity contribution in [2.75, 3.05) is 6.61 Å². The summed E-state index contributed by atoms with van der Waals surface area (Å²) in [5.41, 5.74) is 0. The molecule has 0 radical (unpaired) electrons. The monoisotopic (exact) mass is 256 g/mol. The topological polar surface area (TPSA) is 43.4 Å². The van der Waals surface area contributed by atoms with E-state index in [0.717, 1.165) is 12.8 Å². The summed E-state index contributed by atoms with van der Waals surface area (Å²) >= 11 is 0. The van der Waals surface area contributed by atoms with E-state index in [-0.39, 0.29) is 13.0 Å². The second kappa shape index (κ2) is 8.23. The summed E-state index contributed by atoms with van der Waals surface area (Å²) in [4.78, 5) is 22.2. The highest BCUT2D eigenvalue weighted by atomic mass is 28.3. The van der Waals surface area contributed by atoms with Gasteiger partial charge in [-0.25, -0.2) is 4.79 Å². The molecule has 0 atom stereocenters. The van der Waals surface area contributed by atoms with E-state index in [0.29, 0.717) is 0 Å². The van der Waals surface area contributed by atoms with Gasteiger partial charge in [0.1, 0.15) is 0 Å². The molecule has 0 aliphatic rings. The van der Waals surface area contributed by atoms with Gasteiger partial charge >= 0.3 is 5.97 Å². The highest BCUT2D eigenvalue weighted by Gasteiger charge is 2.13. The number of ketones is 1. The number of carbonyl (C=O) groups excluding carboxylic acids is 2. The van der Waals surface area contributed by atoms with E-state index < -0.39 is 19.8 Å². The van der Waals surface area contributed by atoms with E-state index in [1.54, 1.807) is 6.92 Å². The van der Waals surface area contributed by atoms with Gasteiger partial charge in [-0.2, -0.15) is 0 Å². The molecule has 0 fully saturated rings. The van der Waals surface area contributed by atoms with Crippen LogP contribution in [0.4, 0.5) is 0 Å². The average Bonchev–Trinajstić information content (AvgIpc) is 2.21. The highest BCUT2D eigenvalue weighted by Crippen LogP contribution is 2.09. The van der Waals surface area contributed by atoms with E-state index >= 15 is 0 Å². The lowest BCUT2D eigenvalue weighted by Gasteiger charge is -2.11. The first-order valence-electron chi connectivity index (χ1n) is 6.22. The molecule has 0 amide bonds. The fourth-order valence-corrected chi connectivity index (χ4v) is 2.12. The van der Waals surface area contributed by atoms with Gasteiger partial charge in [-0.1, -0.05) is 31.8 Å². The molecule has 0 aliphatic heterocycles. The minimum Gasteiger partial charge on any atom is -0.460 e. The molecule has 0 aromatic rings. The molecule has 0 rings (SSSR count). The minimum atomic E-state index is -0.996. The second-order valence-electron chi connectivity index (χ2n) is 5.27. The SMILES string of the molecule is CCOC(=O)C(=O)CCC/C=C/C[Si](C)(C)C. The number of ether oxygens (including phenoxy) is 1. The zero-order chi connectivity index (χ0) is 13.3. The van der Waals surface area contributed by atoms with Crippen LogP contribution in [-0.2, 0) is 14.3 Å². The van der Waals surface area contributed by atoms with E-state index in [2.05, 4.69) is 36.5 Å². The molecule has 0 N–H and O–H groups in total. The van der Waals surface area contributed by atoms with Crippen molar-refractivity contribution in [2.45, 2.75) is 51.9 Å². The summed E-state index contributed by atoms with van der Waals surface area (Å²) in [5.74, 6) is -1.11. The number of hydrogen-bond acceptors (Lipinski definition) is 3. The minimum absolute atomic E-state index is 0.265. The van der Waals surface area contributed by atoms with Crippen molar-refractivity contribution in [3.63, 3.8) is 0 Å². The molecule has 0 saturated heterocycles. The molecule has 0 bridgehead atoms. The first-order chi connectivity index (χ1) is 7.87. The van der Waals surface area contributed by atoms with Crippen molar-refractivity contribution in [1.29, 1.82) is 0 Å². The number of rotatable bonds is 8. The zero-order valence-corrected chi connectivity index (χ0v) is 12.4. The van der Waals surface area contributed by atoms with E-state index in [1.807, 2.05) is 0 Å². The number of hydrogen-bond donors (Lipinski definition) is 0. The van der Waals surface area contributed by atoms with Crippen LogP contribution in [0.25, 0.3) is 0 Å². The molecule has 4 heteroatoms. The van der Waals surface area contributed by atoms with Gasteiger partial charge in [0, 0.05) is 14.5 Å². The fraction of sp³-hybridized carbons (Fsp3) is 0.692. The Morgan fingerprint density at radius 3 is 2.35 bits per heavy atom. The molecule has 0 aromatic heterocycles. The van der Waals surface area contributed by atoms with Gasteiger partial charge in [-0.3, -0.25) is 4.79 Å². The van der Waals surface area contributed by atoms with Gasteiger partial charge in [-0.05, 0) is 25.8 Å². The Labute approximate surface area is 105 Å². The Morgan fingerprint density at radius 1 is 1.18 bits per heavy atom. The third-order valence-corrected chi connectivity index (χ3v) is 3.64. The van der Waals surface area contributed by atoms with Gasteiger partial charge in [0.15, 0.2) is 0 Å². The van der Waals surface area contributed by atoms with Crippen molar-refractivity contribution in [3.05, 3.63) is 12.2 Å². The van der Waals surface area contributed by atoms with E-state index in [1.165, 1.54) is 6.04 Å². The number of esters is 1. The third kappa shape index (κ3) is 9.99. The average molecular weight is 256 g/mol. The maximum Gasteiger partial charge on any atom is 0.374 e. The summed E-state index contributed by atoms with van der Waals surface area (Å²) in [6.45, 7) is 8.93. The molecule has 0 spiro atoms. The van der Waals surface area contributed by atoms with Crippen LogP contribution in [0, 0.1) is 0 Å². The fourth-order valence-electron chi connectivity index (χ4n) is 1.25. The summed E-state index contributed by atoms with van der Waals surface area (Å²) in [6, 6.07) is 1.17. The van der Waals surface area contributed by atoms with Crippen LogP contribution in [-0.4, -0.2) is 26.4 Å². The van der Waals surface area contributed by atoms with Crippen molar-refractivity contribution in [1.82, 2.24) is 0 Å². The predicted octanol–water partition coefficient (Wildman–Crippen LogP) is 3.18. The van der Waals surface area contributed by atoms with Gasteiger partial charge in [0.25, 0.3) is 0 Å². The van der Waals surface area contributed by atoms with Gasteiger partial charge in [0.2, 0.25) is 5.78 Å². The van der Waals surface area contributed by atoms with E-state index in [4.69, 9.17) is 0 Å². The maximum atomic E-state index is 11.2. The van der Waals surface area contributed by atoms with Crippen molar-refractivity contribution >= 4 is 19.8 Å². The largest absolute Gasteiger partial charge is 0.460 e. The normalized spacial score (nSPS) is 11.8. The number of unbranched alkanes of at least 4 members (excludes halogenated alkanes) is 1. The predicted molar refractivity (Wildman–Crippen MR) is 72.8 cm³/mol. The molecule has 0 aromatic carbocycles. The van der Waals surface area contributed by atoms with Crippen molar-refractivity contribution < 1.29 is 14.3 Å². The molecule has 0 unspecified atom stereocenters. The first-order valence-corrected chi connectivity index (χ1v) is 9.92. The second-order valence-corrected chi connectivity index (χ2v) is 10.8. The molecule has 0 aliphatic carbocycles. The zero-order valence-electron chi connectivity index (χ0n) is 11.4. The molecule has 98 valence electrons. The Hall–Kier alpha value is -0.903. The van der Waals surface area contributed by atoms with Crippen LogP contribution in [0.2, 0.25) is 25.7 Å². The Bertz CT molecular complexity index is 277. The standard InChI is InChI=1S/C13H24O3Si/c1-5-16-13(15)12(14)10-8-6-7-9-11-17(2,3)4/h7,9H,5-6,8,10-11H2,1-4H3/b9-7+. The van der Waals surface area contributed by atoms with Crippen LogP contribution >= 0.6 is 0 Å². The van der Waals surface area contributed by atoms with E-state index in [9.17, 15) is 9.59 Å². The summed E-state index contributed by atoms with van der Waals surface area (Å²) in [7, 11) is -0.996. The molecule has 17 heavy (non-hydrogen) atoms. The molecule has 3 nitrogen and oxygen atoms in total. The van der Waals surface area contributed by atoms with Crippen LogP contribution < -0.4 is 0 Å². The van der Waals surface area contributed by atoms with Gasteiger partial charge in [-0.15, -0.1) is 0 Å². The summed E-state index contributed by atoms with van der Waals surface area (Å²) < 4.78 is 4.63. The van der Waals surface area contributed by atoms with Crippen LogP contribution in [0.5, 0.6) is 0 Å². The Morgan fingerprint density at radius 2 is 1.82 bits per heavy atom. The molecule has 0 heterocycles. The van der Waals surface area contributed by atoms with Crippen LogP contribution in [0.1, 0.15) is 26.2 Å². The lowest BCUT2D eigenvalue weighted by atomic mass is 10.2. The number of Topliss-reactive ketones (excluding diaryl/α,β-unsaturated/α-hetero) is 1. The maximum absolute atomic E-state index is 11.2. The summed E-state index contributed by atoms with van der Waals surface area (Å²) in [6.07, 6.45) is 6.17. The lowest BCUT2D eigenvalue weighted by Crippen LogP contribution is -2.17. The quantitative estimate of drug-likeness (QED) is 0.220. The Balaban J connectivity index is 3.64. The van der Waals surface area contributed by atoms with Crippen molar-refractivity contribution in [3.8, 4) is 0 Å². The van der Waals surface area contributed by atoms with Gasteiger partial charge < -0.3 is 4.74 Å². The highest BCUT2D eigenvalue weighted by molar-refractivity contribution is 6.76. The first kappa shape index (κ1) is 16.1. The lowest BCUT2D eigenvalue weighted by molar-refractivity contribution is -0.153. The number of allylic oxidation sites excluding steroid dienone is 2. The van der Waals surface area contributed by atoms with Crippen molar-refractivity contribution in [2.24, 2.45) is 0 Å². The smallest absolute Gasteiger partial charge is 0.374 e. The third-order valence-electron chi connectivity index (χ3n) is 2.17.